The molecule has 0 heterocycles. The van der Waals surface area contributed by atoms with E-state index < -0.39 is 0 Å². The molecular formula is C22H38O3. The van der Waals surface area contributed by atoms with E-state index in [0.29, 0.717) is 6.61 Å². The van der Waals surface area contributed by atoms with Gasteiger partial charge in [-0.2, -0.15) is 0 Å². The Labute approximate surface area is 154 Å². The lowest BCUT2D eigenvalue weighted by atomic mass is 10.0. The Bertz CT molecular complexity index is 402. The quantitative estimate of drug-likeness (QED) is 0.378. The first kappa shape index (κ1) is 22.0. The van der Waals surface area contributed by atoms with Crippen molar-refractivity contribution in [2.45, 2.75) is 90.3 Å². The van der Waals surface area contributed by atoms with Gasteiger partial charge in [-0.15, -0.1) is 0 Å². The van der Waals surface area contributed by atoms with Gasteiger partial charge in [-0.1, -0.05) is 76.8 Å². The molecule has 1 aromatic rings. The highest BCUT2D eigenvalue weighted by Crippen LogP contribution is 2.17. The number of ether oxygens (including phenoxy) is 2. The molecule has 0 spiro atoms. The summed E-state index contributed by atoms with van der Waals surface area (Å²) < 4.78 is 11.2. The Balaban J connectivity index is 2.12. The molecule has 3 heteroatoms. The molecule has 0 unspecified atom stereocenters. The Morgan fingerprint density at radius 1 is 0.840 bits per heavy atom. The van der Waals surface area contributed by atoms with E-state index in [1.54, 1.807) is 7.11 Å². The number of aliphatic hydroxyl groups is 1. The van der Waals surface area contributed by atoms with Crippen molar-refractivity contribution in [3.8, 4) is 5.75 Å². The van der Waals surface area contributed by atoms with Crippen LogP contribution in [0.25, 0.3) is 0 Å². The van der Waals surface area contributed by atoms with Gasteiger partial charge < -0.3 is 14.6 Å². The summed E-state index contributed by atoms with van der Waals surface area (Å²) in [5.41, 5.74) is 1.15. The standard InChI is InChI=1S/C22H38O3/c1-3-4-5-6-7-8-9-10-11-12-22(17-18-23)25-19-20-13-15-21(24-2)16-14-20/h13-16,22-23H,3-12,17-19H2,1-2H3/t22-/m1/s1. The highest BCUT2D eigenvalue weighted by molar-refractivity contribution is 5.26. The van der Waals surface area contributed by atoms with Crippen LogP contribution in [0.5, 0.6) is 5.75 Å². The topological polar surface area (TPSA) is 38.7 Å². The smallest absolute Gasteiger partial charge is 0.118 e. The van der Waals surface area contributed by atoms with E-state index in [1.807, 2.05) is 24.3 Å². The SMILES string of the molecule is CCCCCCCCCCC[C@H](CCO)OCc1ccc(OC)cc1. The minimum Gasteiger partial charge on any atom is -0.497 e. The molecular weight excluding hydrogens is 312 g/mol. The summed E-state index contributed by atoms with van der Waals surface area (Å²) in [6, 6.07) is 7.99. The van der Waals surface area contributed by atoms with Gasteiger partial charge in [0.05, 0.1) is 19.8 Å². The molecule has 1 atom stereocenters. The number of rotatable bonds is 16. The van der Waals surface area contributed by atoms with Crippen molar-refractivity contribution in [2.75, 3.05) is 13.7 Å². The number of methoxy groups -OCH3 is 1. The van der Waals surface area contributed by atoms with Crippen molar-refractivity contribution in [1.29, 1.82) is 0 Å². The fourth-order valence-electron chi connectivity index (χ4n) is 3.07. The molecule has 144 valence electrons. The van der Waals surface area contributed by atoms with E-state index in [0.717, 1.165) is 24.2 Å². The van der Waals surface area contributed by atoms with Crippen molar-refractivity contribution in [3.63, 3.8) is 0 Å². The maximum atomic E-state index is 9.25. The fraction of sp³-hybridized carbons (Fsp3) is 0.727. The van der Waals surface area contributed by atoms with Gasteiger partial charge in [0.15, 0.2) is 0 Å². The molecule has 0 amide bonds. The summed E-state index contributed by atoms with van der Waals surface area (Å²) in [5.74, 6) is 0.866. The lowest BCUT2D eigenvalue weighted by Gasteiger charge is -2.17. The van der Waals surface area contributed by atoms with Crippen LogP contribution in [0.2, 0.25) is 0 Å². The highest BCUT2D eigenvalue weighted by Gasteiger charge is 2.09. The third-order valence-corrected chi connectivity index (χ3v) is 4.73. The van der Waals surface area contributed by atoms with Crippen LogP contribution in [-0.4, -0.2) is 24.9 Å². The van der Waals surface area contributed by atoms with Gasteiger partial charge in [0, 0.05) is 6.61 Å². The number of unbranched alkanes of at least 4 members (excludes halogenated alkanes) is 8. The highest BCUT2D eigenvalue weighted by atomic mass is 16.5. The molecule has 1 aromatic carbocycles. The second-order valence-electron chi connectivity index (χ2n) is 6.91. The second-order valence-corrected chi connectivity index (χ2v) is 6.91. The molecule has 1 N–H and O–H groups in total. The largest absolute Gasteiger partial charge is 0.497 e. The third-order valence-electron chi connectivity index (χ3n) is 4.73. The van der Waals surface area contributed by atoms with Crippen LogP contribution in [0.1, 0.15) is 83.1 Å². The molecule has 0 aliphatic rings. The number of aliphatic hydroxyl groups excluding tert-OH is 1. The Kier molecular flexibility index (Phi) is 13.4. The fourth-order valence-corrected chi connectivity index (χ4v) is 3.07. The predicted octanol–water partition coefficient (Wildman–Crippen LogP) is 5.88. The summed E-state index contributed by atoms with van der Waals surface area (Å²) >= 11 is 0. The maximum Gasteiger partial charge on any atom is 0.118 e. The monoisotopic (exact) mass is 350 g/mol. The predicted molar refractivity (Wildman–Crippen MR) is 105 cm³/mol. The van der Waals surface area contributed by atoms with Crippen molar-refractivity contribution in [1.82, 2.24) is 0 Å². The molecule has 25 heavy (non-hydrogen) atoms. The van der Waals surface area contributed by atoms with E-state index in [2.05, 4.69) is 6.92 Å². The molecule has 0 saturated heterocycles. The zero-order valence-corrected chi connectivity index (χ0v) is 16.3. The minimum absolute atomic E-state index is 0.164. The first-order valence-corrected chi connectivity index (χ1v) is 10.2. The van der Waals surface area contributed by atoms with Crippen molar-refractivity contribution < 1.29 is 14.6 Å². The van der Waals surface area contributed by atoms with Crippen LogP contribution in [0, 0.1) is 0 Å². The van der Waals surface area contributed by atoms with E-state index in [4.69, 9.17) is 9.47 Å². The lowest BCUT2D eigenvalue weighted by Crippen LogP contribution is -2.14. The summed E-state index contributed by atoms with van der Waals surface area (Å²) in [6.45, 7) is 3.07. The molecule has 0 fully saturated rings. The van der Waals surface area contributed by atoms with Crippen molar-refractivity contribution >= 4 is 0 Å². The Morgan fingerprint density at radius 2 is 1.44 bits per heavy atom. The summed E-state index contributed by atoms with van der Waals surface area (Å²) in [5, 5.41) is 9.25. The molecule has 0 aromatic heterocycles. The van der Waals surface area contributed by atoms with Crippen LogP contribution in [0.4, 0.5) is 0 Å². The number of hydrogen-bond donors (Lipinski definition) is 1. The van der Waals surface area contributed by atoms with Gasteiger partial charge in [-0.05, 0) is 30.5 Å². The van der Waals surface area contributed by atoms with Gasteiger partial charge in [0.25, 0.3) is 0 Å². The van der Waals surface area contributed by atoms with Crippen molar-refractivity contribution in [3.05, 3.63) is 29.8 Å². The van der Waals surface area contributed by atoms with Crippen molar-refractivity contribution in [2.24, 2.45) is 0 Å². The molecule has 3 nitrogen and oxygen atoms in total. The van der Waals surface area contributed by atoms with E-state index in [1.165, 1.54) is 57.8 Å². The zero-order chi connectivity index (χ0) is 18.2. The van der Waals surface area contributed by atoms with Crippen LogP contribution < -0.4 is 4.74 Å². The van der Waals surface area contributed by atoms with Gasteiger partial charge in [-0.3, -0.25) is 0 Å². The first-order valence-electron chi connectivity index (χ1n) is 10.2. The summed E-state index contributed by atoms with van der Waals surface area (Å²) in [6.07, 6.45) is 14.0. The van der Waals surface area contributed by atoms with E-state index in [-0.39, 0.29) is 12.7 Å². The average Bonchev–Trinajstić information content (AvgIpc) is 2.65. The average molecular weight is 351 g/mol. The van der Waals surface area contributed by atoms with Crippen LogP contribution >= 0.6 is 0 Å². The second kappa shape index (κ2) is 15.2. The van der Waals surface area contributed by atoms with Gasteiger partial charge in [0.2, 0.25) is 0 Å². The number of hydrogen-bond acceptors (Lipinski definition) is 3. The van der Waals surface area contributed by atoms with Crippen LogP contribution in [0.3, 0.4) is 0 Å². The first-order chi connectivity index (χ1) is 12.3. The lowest BCUT2D eigenvalue weighted by molar-refractivity contribution is 0.0174. The van der Waals surface area contributed by atoms with E-state index >= 15 is 0 Å². The molecule has 1 rings (SSSR count). The Hall–Kier alpha value is -1.06. The molecule has 0 aliphatic heterocycles. The van der Waals surface area contributed by atoms with E-state index in [9.17, 15) is 5.11 Å². The molecule has 0 bridgehead atoms. The molecule has 0 radical (unpaired) electrons. The normalized spacial score (nSPS) is 12.3. The zero-order valence-electron chi connectivity index (χ0n) is 16.3. The summed E-state index contributed by atoms with van der Waals surface area (Å²) in [4.78, 5) is 0. The van der Waals surface area contributed by atoms with Gasteiger partial charge in [-0.25, -0.2) is 0 Å². The Morgan fingerprint density at radius 3 is 2.00 bits per heavy atom. The van der Waals surface area contributed by atoms with Crippen LogP contribution in [0.15, 0.2) is 24.3 Å². The molecule has 0 aliphatic carbocycles. The number of benzene rings is 1. The van der Waals surface area contributed by atoms with Crippen LogP contribution in [-0.2, 0) is 11.3 Å². The third kappa shape index (κ3) is 11.2. The minimum atomic E-state index is 0.164. The molecule has 0 saturated carbocycles. The van der Waals surface area contributed by atoms with Gasteiger partial charge >= 0.3 is 0 Å². The maximum absolute atomic E-state index is 9.25. The summed E-state index contributed by atoms with van der Waals surface area (Å²) in [7, 11) is 1.67. The van der Waals surface area contributed by atoms with Gasteiger partial charge in [0.1, 0.15) is 5.75 Å².